The molecule has 116 valence electrons. The number of likely N-dealkylation sites (N-methyl/N-ethyl adjacent to an activating group) is 1. The van der Waals surface area contributed by atoms with E-state index in [4.69, 9.17) is 10.5 Å². The number of hydrogen-bond acceptors (Lipinski definition) is 5. The van der Waals surface area contributed by atoms with E-state index in [-0.39, 0.29) is 17.6 Å². The van der Waals surface area contributed by atoms with Crippen molar-refractivity contribution in [2.45, 2.75) is 45.3 Å². The van der Waals surface area contributed by atoms with E-state index in [1.54, 1.807) is 13.1 Å². The molecule has 1 aliphatic heterocycles. The number of hydrogen-bond donors (Lipinski definition) is 2. The molecule has 1 saturated heterocycles. The molecule has 1 fully saturated rings. The van der Waals surface area contributed by atoms with Crippen molar-refractivity contribution in [2.24, 2.45) is 0 Å². The molecule has 0 bridgehead atoms. The van der Waals surface area contributed by atoms with Crippen molar-refractivity contribution in [1.29, 1.82) is 0 Å². The van der Waals surface area contributed by atoms with E-state index in [1.165, 1.54) is 0 Å². The van der Waals surface area contributed by atoms with E-state index >= 15 is 0 Å². The molecule has 0 aliphatic carbocycles. The molecule has 2 rings (SSSR count). The van der Waals surface area contributed by atoms with Crippen LogP contribution in [0.5, 0.6) is 5.88 Å². The molecule has 21 heavy (non-hydrogen) atoms. The maximum atomic E-state index is 11.9. The zero-order valence-electron chi connectivity index (χ0n) is 13.1. The summed E-state index contributed by atoms with van der Waals surface area (Å²) in [6.07, 6.45) is 1.81. The van der Waals surface area contributed by atoms with Gasteiger partial charge in [0, 0.05) is 13.6 Å². The molecule has 1 atom stereocenters. The zero-order chi connectivity index (χ0) is 15.6. The molecule has 6 nitrogen and oxygen atoms in total. The number of carbonyl (C=O) groups excluding carboxylic acids is 1. The number of ether oxygens (including phenoxy) is 1. The molecule has 0 aromatic carbocycles. The molecule has 1 unspecified atom stereocenters. The lowest BCUT2D eigenvalue weighted by Crippen LogP contribution is -2.42. The quantitative estimate of drug-likeness (QED) is 0.883. The van der Waals surface area contributed by atoms with Gasteiger partial charge in [-0.05, 0) is 45.7 Å². The van der Waals surface area contributed by atoms with Crippen LogP contribution < -0.4 is 20.7 Å². The van der Waals surface area contributed by atoms with E-state index in [0.717, 1.165) is 25.2 Å². The van der Waals surface area contributed by atoms with Crippen molar-refractivity contribution in [2.75, 3.05) is 24.2 Å². The molecule has 6 heteroatoms. The third kappa shape index (κ3) is 3.56. The van der Waals surface area contributed by atoms with Gasteiger partial charge < -0.3 is 20.7 Å². The lowest BCUT2D eigenvalue weighted by Gasteiger charge is -2.26. The van der Waals surface area contributed by atoms with Crippen molar-refractivity contribution < 1.29 is 9.53 Å². The number of carbonyl (C=O) groups is 1. The van der Waals surface area contributed by atoms with Crippen molar-refractivity contribution in [3.63, 3.8) is 0 Å². The van der Waals surface area contributed by atoms with E-state index in [1.807, 2.05) is 31.7 Å². The Morgan fingerprint density at radius 1 is 1.48 bits per heavy atom. The first-order valence-electron chi connectivity index (χ1n) is 7.25. The number of rotatable bonds is 3. The van der Waals surface area contributed by atoms with Crippen LogP contribution in [-0.4, -0.2) is 36.1 Å². The first kappa shape index (κ1) is 15.4. The second-order valence-corrected chi connectivity index (χ2v) is 6.24. The van der Waals surface area contributed by atoms with Crippen LogP contribution in [0.4, 0.5) is 11.5 Å². The van der Waals surface area contributed by atoms with Crippen LogP contribution in [0.3, 0.4) is 0 Å². The predicted octanol–water partition coefficient (Wildman–Crippen LogP) is 1.56. The number of pyridine rings is 1. The fourth-order valence-corrected chi connectivity index (χ4v) is 2.45. The van der Waals surface area contributed by atoms with Crippen LogP contribution in [0.2, 0.25) is 0 Å². The topological polar surface area (TPSA) is 80.5 Å². The highest BCUT2D eigenvalue weighted by Crippen LogP contribution is 2.30. The Morgan fingerprint density at radius 2 is 2.19 bits per heavy atom. The van der Waals surface area contributed by atoms with Crippen molar-refractivity contribution in [1.82, 2.24) is 10.3 Å². The van der Waals surface area contributed by atoms with Gasteiger partial charge in [-0.15, -0.1) is 0 Å². The summed E-state index contributed by atoms with van der Waals surface area (Å²) in [5, 5.41) is 2.71. The van der Waals surface area contributed by atoms with E-state index in [0.29, 0.717) is 11.6 Å². The van der Waals surface area contributed by atoms with Gasteiger partial charge in [0.05, 0.1) is 5.69 Å². The van der Waals surface area contributed by atoms with Gasteiger partial charge in [-0.2, -0.15) is 4.98 Å². The lowest BCUT2D eigenvalue weighted by atomic mass is 10.2. The number of anilines is 2. The molecule has 0 radical (unpaired) electrons. The minimum Gasteiger partial charge on any atom is -0.470 e. The zero-order valence-corrected chi connectivity index (χ0v) is 13.1. The molecule has 1 aromatic rings. The third-order valence-corrected chi connectivity index (χ3v) is 3.37. The highest BCUT2D eigenvalue weighted by Gasteiger charge is 2.31. The first-order valence-corrected chi connectivity index (χ1v) is 7.25. The standard InChI is InChI=1S/C15H24N4O2/c1-15(2,3)21-14-10(16)7-8-12(18-14)19-9-5-6-11(19)13(20)17-4/h7-8,11H,5-6,9,16H2,1-4H3,(H,17,20). The third-order valence-electron chi connectivity index (χ3n) is 3.37. The summed E-state index contributed by atoms with van der Waals surface area (Å²) in [7, 11) is 1.66. The fourth-order valence-electron chi connectivity index (χ4n) is 2.45. The van der Waals surface area contributed by atoms with Gasteiger partial charge in [0.1, 0.15) is 17.5 Å². The lowest BCUT2D eigenvalue weighted by molar-refractivity contribution is -0.121. The van der Waals surface area contributed by atoms with E-state index in [9.17, 15) is 4.79 Å². The summed E-state index contributed by atoms with van der Waals surface area (Å²) in [6, 6.07) is 3.45. The SMILES string of the molecule is CNC(=O)C1CCCN1c1ccc(N)c(OC(C)(C)C)n1. The van der Waals surface area contributed by atoms with E-state index in [2.05, 4.69) is 10.3 Å². The first-order chi connectivity index (χ1) is 9.81. The number of nitrogens with zero attached hydrogens (tertiary/aromatic N) is 2. The highest BCUT2D eigenvalue weighted by molar-refractivity contribution is 5.85. The predicted molar refractivity (Wildman–Crippen MR) is 83.5 cm³/mol. The summed E-state index contributed by atoms with van der Waals surface area (Å²) in [4.78, 5) is 18.5. The molecule has 2 heterocycles. The second-order valence-electron chi connectivity index (χ2n) is 6.24. The van der Waals surface area contributed by atoms with Crippen molar-refractivity contribution >= 4 is 17.4 Å². The summed E-state index contributed by atoms with van der Waals surface area (Å²) < 4.78 is 5.79. The fraction of sp³-hybridized carbons (Fsp3) is 0.600. The van der Waals surface area contributed by atoms with Gasteiger partial charge in [-0.25, -0.2) is 0 Å². The Bertz CT molecular complexity index is 525. The minimum absolute atomic E-state index is 0.0180. The van der Waals surface area contributed by atoms with Gasteiger partial charge in [0.2, 0.25) is 11.8 Å². The number of nitrogens with two attached hydrogens (primary N) is 1. The number of nitrogen functional groups attached to an aromatic ring is 1. The molecule has 3 N–H and O–H groups in total. The molecular formula is C15H24N4O2. The summed E-state index contributed by atoms with van der Waals surface area (Å²) in [6.45, 7) is 6.65. The smallest absolute Gasteiger partial charge is 0.242 e. The van der Waals surface area contributed by atoms with Gasteiger partial charge >= 0.3 is 0 Å². The summed E-state index contributed by atoms with van der Waals surface area (Å²) in [5.74, 6) is 1.17. The largest absolute Gasteiger partial charge is 0.470 e. The van der Waals surface area contributed by atoms with Crippen molar-refractivity contribution in [3.05, 3.63) is 12.1 Å². The van der Waals surface area contributed by atoms with Crippen LogP contribution in [-0.2, 0) is 4.79 Å². The van der Waals surface area contributed by atoms with Crippen LogP contribution in [0.15, 0.2) is 12.1 Å². The van der Waals surface area contributed by atoms with Crippen LogP contribution in [0.25, 0.3) is 0 Å². The molecule has 0 saturated carbocycles. The van der Waals surface area contributed by atoms with Gasteiger partial charge in [-0.3, -0.25) is 4.79 Å². The minimum atomic E-state index is -0.370. The average molecular weight is 292 g/mol. The molecule has 0 spiro atoms. The maximum Gasteiger partial charge on any atom is 0.242 e. The summed E-state index contributed by atoms with van der Waals surface area (Å²) >= 11 is 0. The second kappa shape index (κ2) is 5.79. The maximum absolute atomic E-state index is 11.9. The van der Waals surface area contributed by atoms with Crippen LogP contribution in [0, 0.1) is 0 Å². The molecular weight excluding hydrogens is 268 g/mol. The summed E-state index contributed by atoms with van der Waals surface area (Å²) in [5.41, 5.74) is 6.06. The van der Waals surface area contributed by atoms with Gasteiger partial charge in [-0.1, -0.05) is 0 Å². The highest BCUT2D eigenvalue weighted by atomic mass is 16.5. The Balaban J connectivity index is 2.28. The average Bonchev–Trinajstić information content (AvgIpc) is 2.88. The Kier molecular flexibility index (Phi) is 4.25. The van der Waals surface area contributed by atoms with Crippen LogP contribution >= 0.6 is 0 Å². The van der Waals surface area contributed by atoms with Crippen LogP contribution in [0.1, 0.15) is 33.6 Å². The Morgan fingerprint density at radius 3 is 2.81 bits per heavy atom. The number of nitrogens with one attached hydrogen (secondary N) is 1. The van der Waals surface area contributed by atoms with Crippen molar-refractivity contribution in [3.8, 4) is 5.88 Å². The van der Waals surface area contributed by atoms with Gasteiger partial charge in [0.25, 0.3) is 0 Å². The Hall–Kier alpha value is -1.98. The monoisotopic (exact) mass is 292 g/mol. The number of amides is 1. The molecule has 1 aliphatic rings. The van der Waals surface area contributed by atoms with E-state index < -0.39 is 0 Å². The normalized spacial score (nSPS) is 18.7. The number of aromatic nitrogens is 1. The molecule has 1 amide bonds. The van der Waals surface area contributed by atoms with Gasteiger partial charge in [0.15, 0.2) is 0 Å². The Labute approximate surface area is 125 Å². The molecule has 1 aromatic heterocycles.